The van der Waals surface area contributed by atoms with Gasteiger partial charge in [-0.1, -0.05) is 43.0 Å². The Labute approximate surface area is 167 Å². The molecule has 1 saturated carbocycles. The molecule has 150 valence electrons. The van der Waals surface area contributed by atoms with Crippen molar-refractivity contribution in [2.45, 2.75) is 64.5 Å². The molecule has 0 unspecified atom stereocenters. The summed E-state index contributed by atoms with van der Waals surface area (Å²) in [4.78, 5) is 25.1. The summed E-state index contributed by atoms with van der Waals surface area (Å²) < 4.78 is 1.76. The van der Waals surface area contributed by atoms with Gasteiger partial charge >= 0.3 is 0 Å². The van der Waals surface area contributed by atoms with Crippen LogP contribution in [0.3, 0.4) is 0 Å². The van der Waals surface area contributed by atoms with Gasteiger partial charge in [-0.15, -0.1) is 0 Å². The van der Waals surface area contributed by atoms with Crippen LogP contribution in [0.25, 0.3) is 0 Å². The van der Waals surface area contributed by atoms with E-state index in [1.807, 2.05) is 25.1 Å². The van der Waals surface area contributed by atoms with Crippen LogP contribution in [0.5, 0.6) is 0 Å². The molecule has 0 atom stereocenters. The van der Waals surface area contributed by atoms with Crippen LogP contribution in [0.1, 0.15) is 49.8 Å². The fourth-order valence-corrected chi connectivity index (χ4v) is 4.00. The van der Waals surface area contributed by atoms with Crippen LogP contribution in [0, 0.1) is 13.8 Å². The Morgan fingerprint density at radius 3 is 2.43 bits per heavy atom. The second kappa shape index (κ2) is 9.09. The maximum absolute atomic E-state index is 13.1. The van der Waals surface area contributed by atoms with Gasteiger partial charge in [0.05, 0.1) is 0 Å². The fourth-order valence-electron chi connectivity index (χ4n) is 4.00. The molecule has 0 spiro atoms. The van der Waals surface area contributed by atoms with Gasteiger partial charge < -0.3 is 15.2 Å². The van der Waals surface area contributed by atoms with E-state index in [1.54, 1.807) is 16.7 Å². The highest BCUT2D eigenvalue weighted by atomic mass is 16.2. The SMILES string of the molecule is Cc1ccc(NC2(C(=O)NCCCn3c(C)cccc3=O)CCCCC2)cc1. The smallest absolute Gasteiger partial charge is 0.250 e. The molecule has 0 bridgehead atoms. The lowest BCUT2D eigenvalue weighted by atomic mass is 9.80. The predicted molar refractivity (Wildman–Crippen MR) is 114 cm³/mol. The molecule has 2 aromatic rings. The van der Waals surface area contributed by atoms with Crippen LogP contribution in [-0.4, -0.2) is 22.6 Å². The summed E-state index contributed by atoms with van der Waals surface area (Å²) in [5.74, 6) is 0.0740. The number of carbonyl (C=O) groups is 1. The molecular formula is C23H31N3O2. The summed E-state index contributed by atoms with van der Waals surface area (Å²) in [5, 5.41) is 6.65. The minimum Gasteiger partial charge on any atom is -0.371 e. The van der Waals surface area contributed by atoms with Gasteiger partial charge in [0.25, 0.3) is 5.56 Å². The van der Waals surface area contributed by atoms with Gasteiger partial charge in [-0.05, 0) is 51.3 Å². The van der Waals surface area contributed by atoms with E-state index in [-0.39, 0.29) is 11.5 Å². The van der Waals surface area contributed by atoms with Gasteiger partial charge in [-0.25, -0.2) is 0 Å². The van der Waals surface area contributed by atoms with Gasteiger partial charge in [0.2, 0.25) is 5.91 Å². The van der Waals surface area contributed by atoms with Crippen molar-refractivity contribution in [1.82, 2.24) is 9.88 Å². The van der Waals surface area contributed by atoms with E-state index >= 15 is 0 Å². The number of nitrogens with one attached hydrogen (secondary N) is 2. The predicted octanol–water partition coefficient (Wildman–Crippen LogP) is 3.79. The average molecular weight is 382 g/mol. The maximum Gasteiger partial charge on any atom is 0.250 e. The van der Waals surface area contributed by atoms with Crippen molar-refractivity contribution in [3.63, 3.8) is 0 Å². The summed E-state index contributed by atoms with van der Waals surface area (Å²) in [7, 11) is 0. The zero-order valence-corrected chi connectivity index (χ0v) is 17.0. The summed E-state index contributed by atoms with van der Waals surface area (Å²) in [5.41, 5.74) is 2.63. The number of anilines is 1. The van der Waals surface area contributed by atoms with Crippen LogP contribution in [0.15, 0.2) is 47.3 Å². The molecule has 1 amide bonds. The van der Waals surface area contributed by atoms with Crippen LogP contribution in [-0.2, 0) is 11.3 Å². The fraction of sp³-hybridized carbons (Fsp3) is 0.478. The first kappa shape index (κ1) is 20.2. The lowest BCUT2D eigenvalue weighted by Crippen LogP contribution is -2.54. The molecule has 2 N–H and O–H groups in total. The van der Waals surface area contributed by atoms with Crippen LogP contribution in [0.4, 0.5) is 5.69 Å². The van der Waals surface area contributed by atoms with Gasteiger partial charge in [0.1, 0.15) is 5.54 Å². The quantitative estimate of drug-likeness (QED) is 0.718. The zero-order valence-electron chi connectivity index (χ0n) is 17.0. The summed E-state index contributed by atoms with van der Waals surface area (Å²) in [6.07, 6.45) is 5.74. The monoisotopic (exact) mass is 381 g/mol. The molecule has 1 aliphatic rings. The highest BCUT2D eigenvalue weighted by molar-refractivity contribution is 5.89. The Morgan fingerprint density at radius 2 is 1.75 bits per heavy atom. The number of rotatable bonds is 7. The average Bonchev–Trinajstić information content (AvgIpc) is 2.69. The van der Waals surface area contributed by atoms with Crippen LogP contribution >= 0.6 is 0 Å². The molecule has 1 aromatic heterocycles. The summed E-state index contributed by atoms with van der Waals surface area (Å²) in [6, 6.07) is 13.5. The third-order valence-corrected chi connectivity index (χ3v) is 5.69. The number of benzene rings is 1. The van der Waals surface area contributed by atoms with Crippen molar-refractivity contribution >= 4 is 11.6 Å². The number of amides is 1. The lowest BCUT2D eigenvalue weighted by molar-refractivity contribution is -0.126. The number of nitrogens with zero attached hydrogens (tertiary/aromatic N) is 1. The van der Waals surface area contributed by atoms with Gasteiger partial charge in [0.15, 0.2) is 0 Å². The molecule has 1 aliphatic carbocycles. The first-order chi connectivity index (χ1) is 13.5. The summed E-state index contributed by atoms with van der Waals surface area (Å²) in [6.45, 7) is 5.18. The second-order valence-corrected chi connectivity index (χ2v) is 7.90. The van der Waals surface area contributed by atoms with E-state index in [0.717, 1.165) is 43.5 Å². The number of carbonyl (C=O) groups excluding carboxylic acids is 1. The minimum atomic E-state index is -0.535. The Hall–Kier alpha value is -2.56. The third kappa shape index (κ3) is 4.83. The number of aromatic nitrogens is 1. The first-order valence-corrected chi connectivity index (χ1v) is 10.3. The second-order valence-electron chi connectivity index (χ2n) is 7.90. The van der Waals surface area contributed by atoms with Crippen molar-refractivity contribution in [3.8, 4) is 0 Å². The maximum atomic E-state index is 13.1. The van der Waals surface area contributed by atoms with E-state index in [9.17, 15) is 9.59 Å². The molecule has 5 nitrogen and oxygen atoms in total. The largest absolute Gasteiger partial charge is 0.371 e. The zero-order chi connectivity index (χ0) is 20.0. The molecule has 1 fully saturated rings. The molecule has 0 aliphatic heterocycles. The van der Waals surface area contributed by atoms with Crippen molar-refractivity contribution in [2.24, 2.45) is 0 Å². The van der Waals surface area contributed by atoms with Crippen molar-refractivity contribution in [3.05, 3.63) is 64.1 Å². The van der Waals surface area contributed by atoms with Gasteiger partial charge in [0, 0.05) is 30.5 Å². The van der Waals surface area contributed by atoms with Gasteiger partial charge in [-0.2, -0.15) is 0 Å². The number of hydrogen-bond donors (Lipinski definition) is 2. The molecule has 0 radical (unpaired) electrons. The highest BCUT2D eigenvalue weighted by Crippen LogP contribution is 2.32. The number of pyridine rings is 1. The molecule has 3 rings (SSSR count). The van der Waals surface area contributed by atoms with Crippen LogP contribution < -0.4 is 16.2 Å². The molecule has 5 heteroatoms. The van der Waals surface area contributed by atoms with Crippen molar-refractivity contribution in [1.29, 1.82) is 0 Å². The van der Waals surface area contributed by atoms with E-state index in [2.05, 4.69) is 29.7 Å². The number of aryl methyl sites for hydroxylation is 2. The van der Waals surface area contributed by atoms with E-state index in [4.69, 9.17) is 0 Å². The Balaban J connectivity index is 1.60. The summed E-state index contributed by atoms with van der Waals surface area (Å²) >= 11 is 0. The molecule has 0 saturated heterocycles. The molecule has 28 heavy (non-hydrogen) atoms. The van der Waals surface area contributed by atoms with E-state index in [1.165, 1.54) is 12.0 Å². The van der Waals surface area contributed by atoms with E-state index in [0.29, 0.717) is 13.1 Å². The van der Waals surface area contributed by atoms with Crippen molar-refractivity contribution in [2.75, 3.05) is 11.9 Å². The van der Waals surface area contributed by atoms with Crippen molar-refractivity contribution < 1.29 is 4.79 Å². The standard InChI is InChI=1S/C23H31N3O2/c1-18-10-12-20(13-11-18)25-23(14-4-3-5-15-23)22(28)24-16-7-17-26-19(2)8-6-9-21(26)27/h6,8-13,25H,3-5,7,14-17H2,1-2H3,(H,24,28). The molecular weight excluding hydrogens is 350 g/mol. The topological polar surface area (TPSA) is 63.1 Å². The highest BCUT2D eigenvalue weighted by Gasteiger charge is 2.39. The Kier molecular flexibility index (Phi) is 6.55. The Morgan fingerprint density at radius 1 is 1.04 bits per heavy atom. The molecule has 1 heterocycles. The third-order valence-electron chi connectivity index (χ3n) is 5.69. The first-order valence-electron chi connectivity index (χ1n) is 10.3. The Bertz CT molecular complexity index is 849. The lowest BCUT2D eigenvalue weighted by Gasteiger charge is -2.37. The van der Waals surface area contributed by atoms with Crippen LogP contribution in [0.2, 0.25) is 0 Å². The molecule has 1 aromatic carbocycles. The minimum absolute atomic E-state index is 0.0103. The number of hydrogen-bond acceptors (Lipinski definition) is 3. The van der Waals surface area contributed by atoms with E-state index < -0.39 is 5.54 Å². The van der Waals surface area contributed by atoms with Gasteiger partial charge in [-0.3, -0.25) is 9.59 Å². The normalized spacial score (nSPS) is 15.8.